The van der Waals surface area contributed by atoms with Crippen LogP contribution in [-0.4, -0.2) is 52.1 Å². The lowest BCUT2D eigenvalue weighted by molar-refractivity contribution is -0.157. The Morgan fingerprint density at radius 3 is 2.81 bits per heavy atom. The number of alkyl halides is 3. The van der Waals surface area contributed by atoms with Gasteiger partial charge in [0, 0.05) is 12.7 Å². The maximum atomic E-state index is 12.3. The number of nitrogens with zero attached hydrogens (tertiary/aromatic N) is 2. The largest absolute Gasteiger partial charge is 0.506 e. The Labute approximate surface area is 117 Å². The molecule has 2 amide bonds. The van der Waals surface area contributed by atoms with Crippen molar-refractivity contribution in [1.82, 2.24) is 15.2 Å². The second-order valence-corrected chi connectivity index (χ2v) is 4.62. The summed E-state index contributed by atoms with van der Waals surface area (Å²) < 4.78 is 36.8. The molecule has 9 heteroatoms. The van der Waals surface area contributed by atoms with Crippen LogP contribution in [0.1, 0.15) is 16.8 Å². The summed E-state index contributed by atoms with van der Waals surface area (Å²) in [7, 11) is 0. The van der Waals surface area contributed by atoms with Crippen LogP contribution in [-0.2, 0) is 4.79 Å². The van der Waals surface area contributed by atoms with Crippen LogP contribution in [0.3, 0.4) is 0 Å². The smallest absolute Gasteiger partial charge is 0.406 e. The summed E-state index contributed by atoms with van der Waals surface area (Å²) in [5.74, 6) is -1.67. The summed E-state index contributed by atoms with van der Waals surface area (Å²) in [4.78, 5) is 27.9. The zero-order valence-electron chi connectivity index (χ0n) is 10.7. The highest BCUT2D eigenvalue weighted by Gasteiger charge is 2.39. The molecular weight excluding hydrogens is 291 g/mol. The molecule has 6 nitrogen and oxygen atoms in total. The molecule has 1 aliphatic rings. The number of hydrogen-bond acceptors (Lipinski definition) is 4. The summed E-state index contributed by atoms with van der Waals surface area (Å²) in [5, 5.41) is 11.5. The molecule has 0 radical (unpaired) electrons. The van der Waals surface area contributed by atoms with Gasteiger partial charge in [-0.2, -0.15) is 13.2 Å². The zero-order chi connectivity index (χ0) is 15.6. The fourth-order valence-corrected chi connectivity index (χ4v) is 2.04. The van der Waals surface area contributed by atoms with E-state index in [-0.39, 0.29) is 24.3 Å². The number of hydrogen-bond donors (Lipinski definition) is 2. The van der Waals surface area contributed by atoms with Crippen LogP contribution < -0.4 is 5.32 Å². The van der Waals surface area contributed by atoms with Crippen molar-refractivity contribution in [1.29, 1.82) is 0 Å². The van der Waals surface area contributed by atoms with Crippen LogP contribution >= 0.6 is 0 Å². The Bertz CT molecular complexity index is 562. The summed E-state index contributed by atoms with van der Waals surface area (Å²) >= 11 is 0. The minimum atomic E-state index is -4.47. The molecular formula is C12H12F3N3O3. The number of rotatable bonds is 3. The molecule has 1 aromatic rings. The summed E-state index contributed by atoms with van der Waals surface area (Å²) in [6.45, 7) is -1.40. The van der Waals surface area contributed by atoms with Gasteiger partial charge in [-0.1, -0.05) is 0 Å². The topological polar surface area (TPSA) is 82.5 Å². The van der Waals surface area contributed by atoms with Crippen molar-refractivity contribution in [2.45, 2.75) is 18.6 Å². The lowest BCUT2D eigenvalue weighted by atomic mass is 10.2. The quantitative estimate of drug-likeness (QED) is 0.860. The number of aromatic nitrogens is 1. The van der Waals surface area contributed by atoms with Gasteiger partial charge in [0.1, 0.15) is 18.3 Å². The van der Waals surface area contributed by atoms with Crippen molar-refractivity contribution < 1.29 is 27.9 Å². The molecule has 0 saturated carbocycles. The molecule has 1 fully saturated rings. The minimum absolute atomic E-state index is 0.0251. The molecule has 0 bridgehead atoms. The predicted octanol–water partition coefficient (Wildman–Crippen LogP) is 0.680. The third-order valence-corrected chi connectivity index (χ3v) is 2.96. The monoisotopic (exact) mass is 303 g/mol. The maximum Gasteiger partial charge on any atom is 0.406 e. The normalized spacial score (nSPS) is 18.9. The molecule has 2 heterocycles. The highest BCUT2D eigenvalue weighted by Crippen LogP contribution is 2.21. The number of likely N-dealkylation sites (tertiary alicyclic amines) is 1. The first kappa shape index (κ1) is 15.1. The number of aromatic hydroxyl groups is 1. The molecule has 2 rings (SSSR count). The van der Waals surface area contributed by atoms with E-state index in [2.05, 4.69) is 10.3 Å². The molecule has 114 valence electrons. The minimum Gasteiger partial charge on any atom is -0.506 e. The van der Waals surface area contributed by atoms with E-state index in [1.54, 1.807) is 0 Å². The third kappa shape index (κ3) is 3.83. The first-order chi connectivity index (χ1) is 9.76. The molecule has 1 aromatic heterocycles. The van der Waals surface area contributed by atoms with Gasteiger partial charge in [0.05, 0.1) is 11.8 Å². The number of pyridine rings is 1. The van der Waals surface area contributed by atoms with Crippen molar-refractivity contribution in [2.75, 3.05) is 13.1 Å². The highest BCUT2D eigenvalue weighted by atomic mass is 19.4. The SMILES string of the molecule is O=C(NC1CCN(CC(F)(F)F)C1=O)c1cncc(O)c1. The van der Waals surface area contributed by atoms with E-state index in [0.29, 0.717) is 4.90 Å². The van der Waals surface area contributed by atoms with Gasteiger partial charge in [-0.3, -0.25) is 14.6 Å². The van der Waals surface area contributed by atoms with Gasteiger partial charge in [-0.25, -0.2) is 0 Å². The lowest BCUT2D eigenvalue weighted by Gasteiger charge is -2.18. The van der Waals surface area contributed by atoms with Gasteiger partial charge < -0.3 is 15.3 Å². The van der Waals surface area contributed by atoms with E-state index < -0.39 is 30.6 Å². The molecule has 1 unspecified atom stereocenters. The molecule has 2 N–H and O–H groups in total. The maximum absolute atomic E-state index is 12.3. The molecule has 0 aliphatic carbocycles. The Balaban J connectivity index is 1.98. The first-order valence-electron chi connectivity index (χ1n) is 6.07. The predicted molar refractivity (Wildman–Crippen MR) is 64.4 cm³/mol. The lowest BCUT2D eigenvalue weighted by Crippen LogP contribution is -2.43. The molecule has 1 atom stereocenters. The summed E-state index contributed by atoms with van der Waals surface area (Å²) in [6.07, 6.45) is -2.05. The van der Waals surface area contributed by atoms with E-state index >= 15 is 0 Å². The van der Waals surface area contributed by atoms with Crippen molar-refractivity contribution >= 4 is 11.8 Å². The Hall–Kier alpha value is -2.32. The molecule has 0 spiro atoms. The van der Waals surface area contributed by atoms with Crippen molar-refractivity contribution in [3.05, 3.63) is 24.0 Å². The van der Waals surface area contributed by atoms with E-state index in [0.717, 1.165) is 12.3 Å². The van der Waals surface area contributed by atoms with Crippen LogP contribution in [0.25, 0.3) is 0 Å². The Morgan fingerprint density at radius 1 is 1.48 bits per heavy atom. The Morgan fingerprint density at radius 2 is 2.19 bits per heavy atom. The highest BCUT2D eigenvalue weighted by molar-refractivity contribution is 5.98. The third-order valence-electron chi connectivity index (χ3n) is 2.96. The van der Waals surface area contributed by atoms with E-state index in [1.165, 1.54) is 6.20 Å². The van der Waals surface area contributed by atoms with Gasteiger partial charge in [0.2, 0.25) is 5.91 Å². The van der Waals surface area contributed by atoms with Crippen LogP contribution in [0.15, 0.2) is 18.5 Å². The number of amides is 2. The van der Waals surface area contributed by atoms with Gasteiger partial charge in [0.15, 0.2) is 0 Å². The second-order valence-electron chi connectivity index (χ2n) is 4.62. The van der Waals surface area contributed by atoms with Gasteiger partial charge in [-0.15, -0.1) is 0 Å². The fraction of sp³-hybridized carbons (Fsp3) is 0.417. The second kappa shape index (κ2) is 5.58. The first-order valence-corrected chi connectivity index (χ1v) is 6.07. The van der Waals surface area contributed by atoms with Crippen molar-refractivity contribution in [3.63, 3.8) is 0 Å². The molecule has 21 heavy (non-hydrogen) atoms. The van der Waals surface area contributed by atoms with Crippen LogP contribution in [0.5, 0.6) is 5.75 Å². The van der Waals surface area contributed by atoms with Gasteiger partial charge in [-0.05, 0) is 12.5 Å². The van der Waals surface area contributed by atoms with Gasteiger partial charge >= 0.3 is 6.18 Å². The number of nitrogens with one attached hydrogen (secondary N) is 1. The number of carbonyl (C=O) groups excluding carboxylic acids is 2. The van der Waals surface area contributed by atoms with E-state index in [4.69, 9.17) is 0 Å². The van der Waals surface area contributed by atoms with Crippen LogP contribution in [0.4, 0.5) is 13.2 Å². The summed E-state index contributed by atoms with van der Waals surface area (Å²) in [5.41, 5.74) is 0.0251. The molecule has 1 saturated heterocycles. The van der Waals surface area contributed by atoms with E-state index in [1.807, 2.05) is 0 Å². The standard InChI is InChI=1S/C12H12F3N3O3/c13-12(14,15)6-18-2-1-9(11(18)21)17-10(20)7-3-8(19)5-16-4-7/h3-5,9,19H,1-2,6H2,(H,17,20). The van der Waals surface area contributed by atoms with E-state index in [9.17, 15) is 27.9 Å². The molecule has 0 aromatic carbocycles. The number of halogens is 3. The van der Waals surface area contributed by atoms with Crippen molar-refractivity contribution in [2.24, 2.45) is 0 Å². The van der Waals surface area contributed by atoms with Gasteiger partial charge in [0.25, 0.3) is 5.91 Å². The van der Waals surface area contributed by atoms with Crippen LogP contribution in [0, 0.1) is 0 Å². The van der Waals surface area contributed by atoms with Crippen molar-refractivity contribution in [3.8, 4) is 5.75 Å². The Kier molecular flexibility index (Phi) is 4.01. The zero-order valence-corrected chi connectivity index (χ0v) is 10.7. The average Bonchev–Trinajstić information content (AvgIpc) is 2.69. The number of carbonyl (C=O) groups is 2. The van der Waals surface area contributed by atoms with Crippen LogP contribution in [0.2, 0.25) is 0 Å². The fourth-order valence-electron chi connectivity index (χ4n) is 2.04. The average molecular weight is 303 g/mol. The molecule has 1 aliphatic heterocycles. The summed E-state index contributed by atoms with van der Waals surface area (Å²) in [6, 6.07) is 0.150.